The molecule has 0 fully saturated rings. The summed E-state index contributed by atoms with van der Waals surface area (Å²) in [5.74, 6) is 0.243. The monoisotopic (exact) mass is 667 g/mol. The number of rotatable bonds is 6. The molecule has 0 spiro atoms. The first-order valence-electron chi connectivity index (χ1n) is 18.6. The quantitative estimate of drug-likeness (QED) is 0.167. The molecule has 0 aromatic heterocycles. The molecule has 0 N–H and O–H groups in total. The maximum Gasteiger partial charge on any atom is 0.0678 e. The molecule has 1 heterocycles. The number of benzene rings is 7. The van der Waals surface area contributed by atoms with Crippen molar-refractivity contribution in [3.05, 3.63) is 203 Å². The standard InChI is InChI=1S/C51H41N/c1-3-35-33-49(47-21-13-20-44-32-45-31-40(26-27-46(45)51(44)47)37-16-9-5-10-17-37)52-48(28-34(2)50(35)38-18-11-6-12-19-38)43-25-24-41-29-39(22-23-42(41)30-43)36-14-7-4-8-15-36/h4-27,29-31,33,35H,3,28,32H2,1-2H3/b49-33-,50-34-,52-48+. The molecule has 1 atom stereocenters. The molecule has 1 aliphatic heterocycles. The summed E-state index contributed by atoms with van der Waals surface area (Å²) < 4.78 is 0. The molecule has 9 rings (SSSR count). The summed E-state index contributed by atoms with van der Waals surface area (Å²) in [7, 11) is 0. The Morgan fingerprint density at radius 3 is 1.77 bits per heavy atom. The summed E-state index contributed by atoms with van der Waals surface area (Å²) in [4.78, 5) is 5.68. The SMILES string of the molecule is CCC1/C=C(c2cccc3c2-c2ccc(-c4ccccc4)cc2C3)\N=C(\c2ccc3cc(-c4ccccc4)ccc3c2)C/C(C)=C/1c1ccccc1. The van der Waals surface area contributed by atoms with Gasteiger partial charge in [-0.05, 0) is 104 Å². The van der Waals surface area contributed by atoms with E-state index >= 15 is 0 Å². The lowest BCUT2D eigenvalue weighted by Crippen LogP contribution is -2.11. The van der Waals surface area contributed by atoms with E-state index in [4.69, 9.17) is 4.99 Å². The van der Waals surface area contributed by atoms with Crippen molar-refractivity contribution in [2.24, 2.45) is 10.9 Å². The van der Waals surface area contributed by atoms with Crippen LogP contribution in [-0.4, -0.2) is 5.71 Å². The van der Waals surface area contributed by atoms with Crippen LogP contribution in [0.4, 0.5) is 0 Å². The van der Waals surface area contributed by atoms with E-state index in [1.54, 1.807) is 0 Å². The highest BCUT2D eigenvalue weighted by Gasteiger charge is 2.26. The predicted octanol–water partition coefficient (Wildman–Crippen LogP) is 13.5. The number of nitrogens with zero attached hydrogens (tertiary/aromatic N) is 1. The van der Waals surface area contributed by atoms with Crippen molar-refractivity contribution in [2.45, 2.75) is 33.1 Å². The Morgan fingerprint density at radius 1 is 0.500 bits per heavy atom. The molecule has 0 saturated heterocycles. The summed E-state index contributed by atoms with van der Waals surface area (Å²) in [6.45, 7) is 4.62. The first-order valence-corrected chi connectivity index (χ1v) is 18.6. The Hall–Kier alpha value is -6.05. The Balaban J connectivity index is 1.20. The Kier molecular flexibility index (Phi) is 8.33. The fraction of sp³-hybridized carbons (Fsp3) is 0.118. The van der Waals surface area contributed by atoms with Crippen molar-refractivity contribution >= 4 is 27.8 Å². The van der Waals surface area contributed by atoms with Crippen LogP contribution >= 0.6 is 0 Å². The Labute approximate surface area is 307 Å². The van der Waals surface area contributed by atoms with Gasteiger partial charge in [0.2, 0.25) is 0 Å². The van der Waals surface area contributed by atoms with Crippen molar-refractivity contribution in [3.63, 3.8) is 0 Å². The van der Waals surface area contributed by atoms with Crippen LogP contribution in [0.2, 0.25) is 0 Å². The van der Waals surface area contributed by atoms with E-state index in [9.17, 15) is 0 Å². The number of allylic oxidation sites excluding steroid dienone is 3. The summed E-state index contributed by atoms with van der Waals surface area (Å²) in [5.41, 5.74) is 19.1. The molecule has 1 heteroatoms. The van der Waals surface area contributed by atoms with Gasteiger partial charge in [-0.25, -0.2) is 0 Å². The van der Waals surface area contributed by atoms with Crippen LogP contribution in [0.1, 0.15) is 54.5 Å². The van der Waals surface area contributed by atoms with Crippen LogP contribution in [0.25, 0.3) is 55.4 Å². The number of hydrogen-bond donors (Lipinski definition) is 0. The zero-order chi connectivity index (χ0) is 35.0. The van der Waals surface area contributed by atoms with Gasteiger partial charge >= 0.3 is 0 Å². The molecule has 250 valence electrons. The van der Waals surface area contributed by atoms with Crippen LogP contribution in [0, 0.1) is 5.92 Å². The number of aliphatic imine (C=N–C) groups is 1. The average molecular weight is 668 g/mol. The minimum absolute atomic E-state index is 0.243. The second-order valence-corrected chi connectivity index (χ2v) is 14.3. The second-order valence-electron chi connectivity index (χ2n) is 14.3. The third-order valence-corrected chi connectivity index (χ3v) is 11.0. The molecule has 52 heavy (non-hydrogen) atoms. The van der Waals surface area contributed by atoms with E-state index < -0.39 is 0 Å². The van der Waals surface area contributed by atoms with Crippen molar-refractivity contribution in [3.8, 4) is 33.4 Å². The van der Waals surface area contributed by atoms with E-state index in [0.717, 1.165) is 30.7 Å². The summed E-state index contributed by atoms with van der Waals surface area (Å²) >= 11 is 0. The molecular weight excluding hydrogens is 627 g/mol. The van der Waals surface area contributed by atoms with E-state index in [-0.39, 0.29) is 5.92 Å². The fourth-order valence-electron chi connectivity index (χ4n) is 8.39. The molecule has 1 aliphatic carbocycles. The highest BCUT2D eigenvalue weighted by atomic mass is 14.8. The topological polar surface area (TPSA) is 12.4 Å². The lowest BCUT2D eigenvalue weighted by atomic mass is 9.82. The molecule has 7 aromatic carbocycles. The minimum Gasteiger partial charge on any atom is -0.252 e. The first-order chi connectivity index (χ1) is 25.6. The van der Waals surface area contributed by atoms with Gasteiger partial charge in [0, 0.05) is 17.9 Å². The summed E-state index contributed by atoms with van der Waals surface area (Å²) in [5, 5.41) is 2.47. The third-order valence-electron chi connectivity index (χ3n) is 11.0. The van der Waals surface area contributed by atoms with Crippen LogP contribution < -0.4 is 0 Å². The Bertz CT molecular complexity index is 2530. The molecule has 7 aromatic rings. The fourth-order valence-corrected chi connectivity index (χ4v) is 8.39. The summed E-state index contributed by atoms with van der Waals surface area (Å²) in [6.07, 6.45) is 5.19. The smallest absolute Gasteiger partial charge is 0.0678 e. The largest absolute Gasteiger partial charge is 0.252 e. The van der Waals surface area contributed by atoms with E-state index in [2.05, 4.69) is 184 Å². The molecule has 1 unspecified atom stereocenters. The first kappa shape index (κ1) is 31.9. The zero-order valence-electron chi connectivity index (χ0n) is 29.8. The second kappa shape index (κ2) is 13.6. The predicted molar refractivity (Wildman–Crippen MR) is 221 cm³/mol. The minimum atomic E-state index is 0.243. The van der Waals surface area contributed by atoms with E-state index in [1.165, 1.54) is 83.1 Å². The van der Waals surface area contributed by atoms with Crippen molar-refractivity contribution in [2.75, 3.05) is 0 Å². The third kappa shape index (κ3) is 5.93. The van der Waals surface area contributed by atoms with Crippen molar-refractivity contribution in [1.29, 1.82) is 0 Å². The van der Waals surface area contributed by atoms with Gasteiger partial charge in [-0.3, -0.25) is 4.99 Å². The lowest BCUT2D eigenvalue weighted by Gasteiger charge is -2.25. The summed E-state index contributed by atoms with van der Waals surface area (Å²) in [6, 6.07) is 59.9. The van der Waals surface area contributed by atoms with Gasteiger partial charge in [-0.2, -0.15) is 0 Å². The van der Waals surface area contributed by atoms with E-state index in [0.29, 0.717) is 0 Å². The highest BCUT2D eigenvalue weighted by molar-refractivity contribution is 6.09. The average Bonchev–Trinajstić information content (AvgIpc) is 3.58. The molecular formula is C51H41N. The molecule has 0 amide bonds. The van der Waals surface area contributed by atoms with Gasteiger partial charge in [0.15, 0.2) is 0 Å². The van der Waals surface area contributed by atoms with Gasteiger partial charge in [-0.15, -0.1) is 0 Å². The van der Waals surface area contributed by atoms with Crippen LogP contribution in [0.3, 0.4) is 0 Å². The van der Waals surface area contributed by atoms with Gasteiger partial charge in [-0.1, -0.05) is 170 Å². The molecule has 0 radical (unpaired) electrons. The van der Waals surface area contributed by atoms with Gasteiger partial charge in [0.05, 0.1) is 11.4 Å². The molecule has 0 saturated carbocycles. The number of hydrogen-bond acceptors (Lipinski definition) is 1. The number of fused-ring (bicyclic) bond motifs is 4. The zero-order valence-corrected chi connectivity index (χ0v) is 29.8. The normalized spacial score (nSPS) is 18.8. The van der Waals surface area contributed by atoms with Crippen molar-refractivity contribution < 1.29 is 0 Å². The van der Waals surface area contributed by atoms with Crippen molar-refractivity contribution in [1.82, 2.24) is 0 Å². The highest BCUT2D eigenvalue weighted by Crippen LogP contribution is 2.45. The van der Waals surface area contributed by atoms with Crippen LogP contribution in [0.15, 0.2) is 180 Å². The molecule has 1 nitrogen and oxygen atoms in total. The maximum absolute atomic E-state index is 5.68. The molecule has 0 bridgehead atoms. The van der Waals surface area contributed by atoms with Gasteiger partial charge in [0.1, 0.15) is 0 Å². The lowest BCUT2D eigenvalue weighted by molar-refractivity contribution is 0.785. The Morgan fingerprint density at radius 2 is 1.10 bits per heavy atom. The van der Waals surface area contributed by atoms with Crippen LogP contribution in [-0.2, 0) is 6.42 Å². The van der Waals surface area contributed by atoms with Gasteiger partial charge in [0.25, 0.3) is 0 Å². The molecule has 2 aliphatic rings. The maximum atomic E-state index is 5.68. The van der Waals surface area contributed by atoms with E-state index in [1.807, 2.05) is 0 Å². The van der Waals surface area contributed by atoms with Gasteiger partial charge < -0.3 is 0 Å². The van der Waals surface area contributed by atoms with Crippen LogP contribution in [0.5, 0.6) is 0 Å².